The highest BCUT2D eigenvalue weighted by atomic mass is 16.6. The number of carbonyl (C=O) groups excluding carboxylic acids is 1. The lowest BCUT2D eigenvalue weighted by Gasteiger charge is -2.33. The lowest BCUT2D eigenvalue weighted by atomic mass is 10.1. The number of piperidine rings is 1. The summed E-state index contributed by atoms with van der Waals surface area (Å²) < 4.78 is 7.26. The molecular weight excluding hydrogens is 480 g/mol. The molecule has 0 saturated carbocycles. The molecule has 3 heterocycles. The lowest BCUT2D eigenvalue weighted by Crippen LogP contribution is -2.43. The van der Waals surface area contributed by atoms with Gasteiger partial charge in [-0.1, -0.05) is 60.7 Å². The molecule has 198 valence electrons. The van der Waals surface area contributed by atoms with Crippen molar-refractivity contribution in [3.8, 4) is 0 Å². The van der Waals surface area contributed by atoms with E-state index in [1.54, 1.807) is 9.47 Å². The molecule has 1 aliphatic heterocycles. The van der Waals surface area contributed by atoms with Crippen LogP contribution in [0.1, 0.15) is 50.8 Å². The maximum absolute atomic E-state index is 13.2. The van der Waals surface area contributed by atoms with Crippen LogP contribution in [-0.4, -0.2) is 49.2 Å². The zero-order valence-electron chi connectivity index (χ0n) is 22.1. The normalized spacial score (nSPS) is 14.6. The van der Waals surface area contributed by atoms with Crippen molar-refractivity contribution in [1.82, 2.24) is 24.4 Å². The van der Waals surface area contributed by atoms with Crippen molar-refractivity contribution in [2.45, 2.75) is 58.3 Å². The highest BCUT2D eigenvalue weighted by Gasteiger charge is 2.30. The smallest absolute Gasteiger partial charge is 0.410 e. The maximum Gasteiger partial charge on any atom is 0.410 e. The Morgan fingerprint density at radius 1 is 0.974 bits per heavy atom. The van der Waals surface area contributed by atoms with Gasteiger partial charge < -0.3 is 19.5 Å². The topological polar surface area (TPSA) is 96.3 Å². The first-order valence-electron chi connectivity index (χ1n) is 13.0. The van der Waals surface area contributed by atoms with E-state index >= 15 is 0 Å². The molecular formula is C29H34N6O3. The van der Waals surface area contributed by atoms with Crippen LogP contribution in [0, 0.1) is 0 Å². The Kier molecular flexibility index (Phi) is 7.18. The van der Waals surface area contributed by atoms with Crippen molar-refractivity contribution < 1.29 is 9.53 Å². The van der Waals surface area contributed by atoms with E-state index in [9.17, 15) is 9.59 Å². The maximum atomic E-state index is 13.2. The molecule has 9 nitrogen and oxygen atoms in total. The molecule has 0 aliphatic carbocycles. The molecule has 5 rings (SSSR count). The van der Waals surface area contributed by atoms with Gasteiger partial charge in [-0.2, -0.15) is 0 Å². The fourth-order valence-corrected chi connectivity index (χ4v) is 4.95. The number of likely N-dealkylation sites (tertiary alicyclic amines) is 1. The van der Waals surface area contributed by atoms with Crippen LogP contribution in [0.25, 0.3) is 11.2 Å². The predicted molar refractivity (Wildman–Crippen MR) is 147 cm³/mol. The minimum absolute atomic E-state index is 0.0746. The number of fused-ring (bicyclic) bond motifs is 1. The van der Waals surface area contributed by atoms with Crippen LogP contribution < -0.4 is 10.6 Å². The summed E-state index contributed by atoms with van der Waals surface area (Å²) in [4.78, 5) is 41.8. The number of imidazole rings is 1. The number of hydrogen-bond acceptors (Lipinski definition) is 6. The van der Waals surface area contributed by atoms with Gasteiger partial charge in [0.1, 0.15) is 17.4 Å². The second-order valence-corrected chi connectivity index (χ2v) is 10.7. The van der Waals surface area contributed by atoms with Crippen LogP contribution in [0.3, 0.4) is 0 Å². The summed E-state index contributed by atoms with van der Waals surface area (Å²) in [6, 6.07) is 20.4. The first-order chi connectivity index (χ1) is 18.3. The molecule has 1 fully saturated rings. The zero-order chi connectivity index (χ0) is 26.7. The van der Waals surface area contributed by atoms with Gasteiger partial charge in [0.05, 0.1) is 0 Å². The number of carbonyl (C=O) groups is 1. The number of nitrogens with zero attached hydrogens (tertiary/aromatic N) is 5. The van der Waals surface area contributed by atoms with Crippen LogP contribution in [0.2, 0.25) is 0 Å². The largest absolute Gasteiger partial charge is 0.444 e. The van der Waals surface area contributed by atoms with Gasteiger partial charge in [-0.05, 0) is 44.7 Å². The fourth-order valence-electron chi connectivity index (χ4n) is 4.95. The van der Waals surface area contributed by atoms with E-state index in [0.29, 0.717) is 56.0 Å². The van der Waals surface area contributed by atoms with E-state index in [1.807, 2.05) is 57.2 Å². The van der Waals surface area contributed by atoms with Crippen LogP contribution in [-0.2, 0) is 17.8 Å². The van der Waals surface area contributed by atoms with Crippen LogP contribution >= 0.6 is 0 Å². The quantitative estimate of drug-likeness (QED) is 0.393. The summed E-state index contributed by atoms with van der Waals surface area (Å²) in [5.41, 5.74) is 2.75. The molecule has 4 aromatic rings. The zero-order valence-corrected chi connectivity index (χ0v) is 22.1. The summed E-state index contributed by atoms with van der Waals surface area (Å²) in [7, 11) is 0. The Bertz CT molecular complexity index is 1390. The Labute approximate surface area is 222 Å². The van der Waals surface area contributed by atoms with Crippen LogP contribution in [0.5, 0.6) is 0 Å². The average molecular weight is 515 g/mol. The monoisotopic (exact) mass is 514 g/mol. The molecule has 2 aromatic heterocycles. The minimum Gasteiger partial charge on any atom is -0.444 e. The van der Waals surface area contributed by atoms with E-state index < -0.39 is 5.60 Å². The number of rotatable bonds is 6. The van der Waals surface area contributed by atoms with E-state index in [2.05, 4.69) is 44.1 Å². The van der Waals surface area contributed by atoms with Crippen molar-refractivity contribution in [1.29, 1.82) is 0 Å². The van der Waals surface area contributed by atoms with Gasteiger partial charge in [-0.15, -0.1) is 0 Å². The van der Waals surface area contributed by atoms with E-state index in [4.69, 9.17) is 4.74 Å². The molecule has 1 amide bonds. The van der Waals surface area contributed by atoms with Gasteiger partial charge in [0.25, 0.3) is 0 Å². The van der Waals surface area contributed by atoms with E-state index in [0.717, 1.165) is 11.1 Å². The van der Waals surface area contributed by atoms with E-state index in [1.165, 1.54) is 6.33 Å². The molecule has 0 radical (unpaired) electrons. The van der Waals surface area contributed by atoms with Crippen molar-refractivity contribution >= 4 is 23.1 Å². The first-order valence-corrected chi connectivity index (χ1v) is 13.0. The second-order valence-electron chi connectivity index (χ2n) is 10.7. The van der Waals surface area contributed by atoms with Gasteiger partial charge in [-0.25, -0.2) is 19.6 Å². The Balaban J connectivity index is 1.43. The second kappa shape index (κ2) is 10.7. The SMILES string of the molecule is CC(C)(C)OC(=O)N1CCC(n2c(=O)[nH]c3c(N(Cc4ccccc4)Cc4ccccc4)ncnc32)CC1. The summed E-state index contributed by atoms with van der Waals surface area (Å²) >= 11 is 0. The number of nitrogens with one attached hydrogen (secondary N) is 1. The molecule has 9 heteroatoms. The molecule has 38 heavy (non-hydrogen) atoms. The van der Waals surface area contributed by atoms with Crippen molar-refractivity contribution in [2.75, 3.05) is 18.0 Å². The Morgan fingerprint density at radius 2 is 1.55 bits per heavy atom. The van der Waals surface area contributed by atoms with Crippen LogP contribution in [0.15, 0.2) is 71.8 Å². The van der Waals surface area contributed by atoms with Crippen molar-refractivity contribution in [2.24, 2.45) is 0 Å². The summed E-state index contributed by atoms with van der Waals surface area (Å²) in [5.74, 6) is 0.685. The van der Waals surface area contributed by atoms with Gasteiger partial charge in [0.2, 0.25) is 0 Å². The minimum atomic E-state index is -0.541. The molecule has 0 unspecified atom stereocenters. The predicted octanol–water partition coefficient (Wildman–Crippen LogP) is 4.90. The number of hydrogen-bond donors (Lipinski definition) is 1. The number of anilines is 1. The standard InChI is InChI=1S/C29H34N6O3/c1-29(2,3)38-28(37)33-16-14-23(15-17-33)35-26-24(32-27(35)36)25(30-20-31-26)34(18-21-10-6-4-7-11-21)19-22-12-8-5-9-13-22/h4-13,20,23H,14-19H2,1-3H3,(H,32,36). The molecule has 0 bridgehead atoms. The van der Waals surface area contributed by atoms with Gasteiger partial charge in [0.15, 0.2) is 11.5 Å². The van der Waals surface area contributed by atoms with Crippen LogP contribution in [0.4, 0.5) is 10.6 Å². The number of benzene rings is 2. The lowest BCUT2D eigenvalue weighted by molar-refractivity contribution is 0.0188. The fraction of sp³-hybridized carbons (Fsp3) is 0.379. The third-order valence-electron chi connectivity index (χ3n) is 6.70. The summed E-state index contributed by atoms with van der Waals surface area (Å²) in [5, 5.41) is 0. The number of amides is 1. The molecule has 1 aliphatic rings. The molecule has 0 atom stereocenters. The number of H-pyrrole nitrogens is 1. The highest BCUT2D eigenvalue weighted by Crippen LogP contribution is 2.29. The number of aromatic amines is 1. The Hall–Kier alpha value is -4.14. The molecule has 2 aromatic carbocycles. The van der Waals surface area contributed by atoms with E-state index in [-0.39, 0.29) is 17.8 Å². The van der Waals surface area contributed by atoms with Gasteiger partial charge in [0, 0.05) is 32.2 Å². The molecule has 0 spiro atoms. The van der Waals surface area contributed by atoms with Gasteiger partial charge >= 0.3 is 11.8 Å². The Morgan fingerprint density at radius 3 is 2.11 bits per heavy atom. The summed E-state index contributed by atoms with van der Waals surface area (Å²) in [6.45, 7) is 7.88. The third-order valence-corrected chi connectivity index (χ3v) is 6.70. The summed E-state index contributed by atoms with van der Waals surface area (Å²) in [6.07, 6.45) is 2.50. The van der Waals surface area contributed by atoms with Crippen molar-refractivity contribution in [3.05, 3.63) is 88.6 Å². The number of aromatic nitrogens is 4. The van der Waals surface area contributed by atoms with Crippen molar-refractivity contribution in [3.63, 3.8) is 0 Å². The average Bonchev–Trinajstić information content (AvgIpc) is 3.24. The first kappa shape index (κ1) is 25.5. The number of ether oxygens (including phenoxy) is 1. The third kappa shape index (κ3) is 5.72. The molecule has 1 saturated heterocycles. The van der Waals surface area contributed by atoms with Gasteiger partial charge in [-0.3, -0.25) is 4.57 Å². The molecule has 1 N–H and O–H groups in total. The highest BCUT2D eigenvalue weighted by molar-refractivity contribution is 5.83.